The molecule has 1 nitrogen and oxygen atoms in total. The van der Waals surface area contributed by atoms with Crippen LogP contribution in [0.4, 0.5) is 0 Å². The van der Waals surface area contributed by atoms with Gasteiger partial charge in [-0.2, -0.15) is 5.26 Å². The van der Waals surface area contributed by atoms with Gasteiger partial charge in [-0.25, -0.2) is 0 Å². The van der Waals surface area contributed by atoms with E-state index in [0.29, 0.717) is 0 Å². The average Bonchev–Trinajstić information content (AvgIpc) is 2.17. The zero-order valence-electron chi connectivity index (χ0n) is 7.84. The molecule has 0 amide bonds. The average molecular weight is 238 g/mol. The number of halogens is 1. The maximum atomic E-state index is 9.09. The van der Waals surface area contributed by atoms with Gasteiger partial charge in [0.1, 0.15) is 0 Å². The Morgan fingerprint density at radius 3 is 2.54 bits per heavy atom. The normalized spacial score (nSPS) is 14.6. The van der Waals surface area contributed by atoms with Crippen molar-refractivity contribution in [2.24, 2.45) is 0 Å². The highest BCUT2D eigenvalue weighted by molar-refractivity contribution is 9.10. The summed E-state index contributed by atoms with van der Waals surface area (Å²) in [6.07, 6.45) is 0.826. The van der Waals surface area contributed by atoms with E-state index in [1.165, 1.54) is 0 Å². The molecular weight excluding hydrogens is 226 g/mol. The second-order valence-electron chi connectivity index (χ2n) is 3.28. The minimum Gasteiger partial charge on any atom is -0.197 e. The first kappa shape index (κ1) is 10.3. The van der Waals surface area contributed by atoms with E-state index in [-0.39, 0.29) is 5.41 Å². The van der Waals surface area contributed by atoms with Crippen molar-refractivity contribution in [3.8, 4) is 6.07 Å². The largest absolute Gasteiger partial charge is 0.197 e. The highest BCUT2D eigenvalue weighted by Crippen LogP contribution is 2.32. The molecule has 0 aliphatic rings. The van der Waals surface area contributed by atoms with Crippen LogP contribution in [0.1, 0.15) is 25.8 Å². The summed E-state index contributed by atoms with van der Waals surface area (Å²) in [6.45, 7) is 4.00. The lowest BCUT2D eigenvalue weighted by Gasteiger charge is -2.21. The third-order valence-corrected chi connectivity index (χ3v) is 3.11. The smallest absolute Gasteiger partial charge is 0.0802 e. The quantitative estimate of drug-likeness (QED) is 0.771. The van der Waals surface area contributed by atoms with E-state index < -0.39 is 0 Å². The Kier molecular flexibility index (Phi) is 3.11. The third-order valence-electron chi connectivity index (χ3n) is 2.42. The second kappa shape index (κ2) is 3.93. The zero-order chi connectivity index (χ0) is 9.90. The van der Waals surface area contributed by atoms with Gasteiger partial charge in [0, 0.05) is 4.47 Å². The number of rotatable bonds is 2. The van der Waals surface area contributed by atoms with Crippen LogP contribution in [0.15, 0.2) is 28.7 Å². The molecule has 0 spiro atoms. The molecule has 0 aliphatic carbocycles. The number of nitrogens with zero attached hydrogens (tertiary/aromatic N) is 1. The highest BCUT2D eigenvalue weighted by atomic mass is 79.9. The fourth-order valence-electron chi connectivity index (χ4n) is 1.24. The summed E-state index contributed by atoms with van der Waals surface area (Å²) in [7, 11) is 0. The molecule has 0 saturated carbocycles. The van der Waals surface area contributed by atoms with Gasteiger partial charge in [-0.15, -0.1) is 0 Å². The van der Waals surface area contributed by atoms with Crippen molar-refractivity contribution in [3.63, 3.8) is 0 Å². The molecule has 1 atom stereocenters. The van der Waals surface area contributed by atoms with Gasteiger partial charge in [-0.1, -0.05) is 41.1 Å². The lowest BCUT2D eigenvalue weighted by atomic mass is 9.82. The van der Waals surface area contributed by atoms with E-state index in [4.69, 9.17) is 5.26 Å². The predicted octanol–water partition coefficient (Wildman–Crippen LogP) is 3.64. The van der Waals surface area contributed by atoms with Gasteiger partial charge in [-0.05, 0) is 25.0 Å². The molecule has 68 valence electrons. The van der Waals surface area contributed by atoms with E-state index in [1.54, 1.807) is 0 Å². The van der Waals surface area contributed by atoms with Crippen molar-refractivity contribution in [2.75, 3.05) is 0 Å². The molecule has 1 aromatic rings. The molecular formula is C11H12BrN. The number of hydrogen-bond donors (Lipinski definition) is 0. The van der Waals surface area contributed by atoms with Crippen LogP contribution < -0.4 is 0 Å². The Morgan fingerprint density at radius 1 is 1.46 bits per heavy atom. The summed E-state index contributed by atoms with van der Waals surface area (Å²) < 4.78 is 1.01. The van der Waals surface area contributed by atoms with Crippen LogP contribution >= 0.6 is 15.9 Å². The Labute approximate surface area is 87.5 Å². The van der Waals surface area contributed by atoms with Crippen molar-refractivity contribution >= 4 is 15.9 Å². The number of nitriles is 1. The lowest BCUT2D eigenvalue weighted by Crippen LogP contribution is -2.18. The van der Waals surface area contributed by atoms with E-state index in [2.05, 4.69) is 22.0 Å². The van der Waals surface area contributed by atoms with E-state index in [9.17, 15) is 0 Å². The fraction of sp³-hybridized carbons (Fsp3) is 0.364. The standard InChI is InChI=1S/C11H12BrN/c1-3-11(2,8-13)9-6-4-5-7-10(9)12/h4-7H,3H2,1-2H3. The molecule has 0 N–H and O–H groups in total. The summed E-state index contributed by atoms with van der Waals surface area (Å²) in [5.74, 6) is 0. The third kappa shape index (κ3) is 1.92. The van der Waals surface area contributed by atoms with Gasteiger partial charge in [-0.3, -0.25) is 0 Å². The first-order valence-corrected chi connectivity index (χ1v) is 5.09. The van der Waals surface area contributed by atoms with Crippen LogP contribution in [0.25, 0.3) is 0 Å². The molecule has 0 aromatic heterocycles. The molecule has 0 bridgehead atoms. The monoisotopic (exact) mass is 237 g/mol. The topological polar surface area (TPSA) is 23.8 Å². The predicted molar refractivity (Wildman–Crippen MR) is 57.4 cm³/mol. The first-order chi connectivity index (χ1) is 6.14. The molecule has 0 fully saturated rings. The summed E-state index contributed by atoms with van der Waals surface area (Å²) in [5, 5.41) is 9.09. The maximum Gasteiger partial charge on any atom is 0.0802 e. The molecule has 2 heteroatoms. The van der Waals surface area contributed by atoms with E-state index in [1.807, 2.05) is 38.1 Å². The van der Waals surface area contributed by atoms with Gasteiger partial charge < -0.3 is 0 Å². The van der Waals surface area contributed by atoms with Gasteiger partial charge in [0.2, 0.25) is 0 Å². The van der Waals surface area contributed by atoms with Crippen molar-refractivity contribution < 1.29 is 0 Å². The number of benzene rings is 1. The fourth-order valence-corrected chi connectivity index (χ4v) is 1.96. The van der Waals surface area contributed by atoms with Gasteiger partial charge in [0.25, 0.3) is 0 Å². The van der Waals surface area contributed by atoms with Gasteiger partial charge in [0.05, 0.1) is 11.5 Å². The van der Waals surface area contributed by atoms with Crippen LogP contribution in [-0.4, -0.2) is 0 Å². The van der Waals surface area contributed by atoms with Crippen molar-refractivity contribution in [1.82, 2.24) is 0 Å². The molecule has 1 aromatic carbocycles. The Hall–Kier alpha value is -0.810. The molecule has 1 unspecified atom stereocenters. The zero-order valence-corrected chi connectivity index (χ0v) is 9.43. The number of hydrogen-bond acceptors (Lipinski definition) is 1. The van der Waals surface area contributed by atoms with Crippen LogP contribution in [0.3, 0.4) is 0 Å². The summed E-state index contributed by atoms with van der Waals surface area (Å²) in [4.78, 5) is 0. The summed E-state index contributed by atoms with van der Waals surface area (Å²) in [6, 6.07) is 10.2. The molecule has 0 radical (unpaired) electrons. The summed E-state index contributed by atoms with van der Waals surface area (Å²) >= 11 is 3.46. The Balaban J connectivity index is 3.22. The first-order valence-electron chi connectivity index (χ1n) is 4.30. The highest BCUT2D eigenvalue weighted by Gasteiger charge is 2.25. The van der Waals surface area contributed by atoms with Crippen molar-refractivity contribution in [2.45, 2.75) is 25.7 Å². The Morgan fingerprint density at radius 2 is 2.08 bits per heavy atom. The molecule has 1 rings (SSSR count). The second-order valence-corrected chi connectivity index (χ2v) is 4.13. The maximum absolute atomic E-state index is 9.09. The van der Waals surface area contributed by atoms with Crippen molar-refractivity contribution in [1.29, 1.82) is 5.26 Å². The molecule has 13 heavy (non-hydrogen) atoms. The molecule has 0 saturated heterocycles. The van der Waals surface area contributed by atoms with Crippen LogP contribution in [0.2, 0.25) is 0 Å². The lowest BCUT2D eigenvalue weighted by molar-refractivity contribution is 0.584. The minimum atomic E-state index is -0.375. The van der Waals surface area contributed by atoms with Gasteiger partial charge >= 0.3 is 0 Å². The van der Waals surface area contributed by atoms with Gasteiger partial charge in [0.15, 0.2) is 0 Å². The van der Waals surface area contributed by atoms with Crippen LogP contribution in [-0.2, 0) is 5.41 Å². The van der Waals surface area contributed by atoms with Crippen molar-refractivity contribution in [3.05, 3.63) is 34.3 Å². The van der Waals surface area contributed by atoms with E-state index in [0.717, 1.165) is 16.5 Å². The van der Waals surface area contributed by atoms with Crippen LogP contribution in [0.5, 0.6) is 0 Å². The Bertz CT molecular complexity index is 340. The summed E-state index contributed by atoms with van der Waals surface area (Å²) in [5.41, 5.74) is 0.695. The molecule has 0 aliphatic heterocycles. The van der Waals surface area contributed by atoms with E-state index >= 15 is 0 Å². The molecule has 0 heterocycles. The van der Waals surface area contributed by atoms with Crippen LogP contribution in [0, 0.1) is 11.3 Å². The minimum absolute atomic E-state index is 0.375. The SMILES string of the molecule is CCC(C)(C#N)c1ccccc1Br.